The molecule has 2 saturated heterocycles. The average molecular weight is 500 g/mol. The summed E-state index contributed by atoms with van der Waals surface area (Å²) in [4.78, 5) is 1.82. The molecule has 9 atom stereocenters. The van der Waals surface area contributed by atoms with Gasteiger partial charge in [0, 0.05) is 23.8 Å². The fourth-order valence-corrected chi connectivity index (χ4v) is 9.08. The Bertz CT molecular complexity index is 1280. The minimum Gasteiger partial charge on any atom is -0.389 e. The first-order chi connectivity index (χ1) is 17.0. The number of allylic oxidation sites excluding steroid dienone is 2. The van der Waals surface area contributed by atoms with Gasteiger partial charge in [-0.15, -0.1) is 0 Å². The third-order valence-electron chi connectivity index (χ3n) is 11.0. The highest BCUT2D eigenvalue weighted by Crippen LogP contribution is 2.74. The first-order valence-corrected chi connectivity index (χ1v) is 13.2. The third-order valence-corrected chi connectivity index (χ3v) is 11.0. The number of alkyl halides is 2. The zero-order valence-corrected chi connectivity index (χ0v) is 21.1. The molecule has 0 amide bonds. The molecule has 4 fully saturated rings. The quantitative estimate of drug-likeness (QED) is 0.584. The van der Waals surface area contributed by atoms with E-state index in [4.69, 9.17) is 4.74 Å². The van der Waals surface area contributed by atoms with Crippen LogP contribution in [0.3, 0.4) is 0 Å². The SMILES string of the molecule is CN(C)[C@H]1C[C@@]23CC[C@]4(O2)C2CC=C(c5ccc6[nH]ncc6c5)[C@@]2(C)CCC4(F)CC3(F)[C@@H](O)[C@@H]1O. The van der Waals surface area contributed by atoms with Crippen molar-refractivity contribution in [2.24, 2.45) is 11.3 Å². The fourth-order valence-electron chi connectivity index (χ4n) is 9.08. The van der Waals surface area contributed by atoms with Crippen molar-refractivity contribution in [3.63, 3.8) is 0 Å². The molecule has 1 aromatic heterocycles. The second-order valence-electron chi connectivity index (χ2n) is 12.7. The molecule has 2 spiro atoms. The number of rotatable bonds is 2. The maximum Gasteiger partial charge on any atom is 0.171 e. The Hall–Kier alpha value is -1.87. The van der Waals surface area contributed by atoms with Crippen LogP contribution in [0.4, 0.5) is 8.78 Å². The molecule has 3 heterocycles. The molecule has 2 aliphatic heterocycles. The summed E-state index contributed by atoms with van der Waals surface area (Å²) >= 11 is 0. The van der Waals surface area contributed by atoms with E-state index in [1.54, 1.807) is 0 Å². The fraction of sp³-hybridized carbons (Fsp3) is 0.679. The van der Waals surface area contributed by atoms with Gasteiger partial charge in [0.15, 0.2) is 5.67 Å². The van der Waals surface area contributed by atoms with Crippen LogP contribution in [0.2, 0.25) is 0 Å². The van der Waals surface area contributed by atoms with Gasteiger partial charge in [0.25, 0.3) is 0 Å². The lowest BCUT2D eigenvalue weighted by Gasteiger charge is -2.65. The summed E-state index contributed by atoms with van der Waals surface area (Å²) in [5.74, 6) is -0.121. The summed E-state index contributed by atoms with van der Waals surface area (Å²) in [5, 5.41) is 30.0. The minimum atomic E-state index is -2.32. The second-order valence-corrected chi connectivity index (χ2v) is 12.7. The molecular formula is C28H35F2N3O3. The van der Waals surface area contributed by atoms with E-state index in [-0.39, 0.29) is 24.2 Å². The zero-order valence-electron chi connectivity index (χ0n) is 21.1. The van der Waals surface area contributed by atoms with Gasteiger partial charge >= 0.3 is 0 Å². The number of nitrogens with zero attached hydrogens (tertiary/aromatic N) is 2. The van der Waals surface area contributed by atoms with Crippen molar-refractivity contribution >= 4 is 16.5 Å². The zero-order chi connectivity index (χ0) is 25.3. The Morgan fingerprint density at radius 1 is 1.14 bits per heavy atom. The maximum absolute atomic E-state index is 17.2. The molecule has 3 aliphatic carbocycles. The number of likely N-dealkylation sites (N-methyl/N-ethyl adjacent to an activating group) is 1. The molecule has 2 bridgehead atoms. The minimum absolute atomic E-state index is 0.121. The maximum atomic E-state index is 17.2. The van der Waals surface area contributed by atoms with E-state index in [0.717, 1.165) is 16.5 Å². The van der Waals surface area contributed by atoms with Crippen molar-refractivity contribution in [2.75, 3.05) is 14.1 Å². The normalized spacial score (nSPS) is 49.6. The first-order valence-electron chi connectivity index (χ1n) is 13.2. The van der Waals surface area contributed by atoms with Gasteiger partial charge in [0.05, 0.1) is 17.8 Å². The summed E-state index contributed by atoms with van der Waals surface area (Å²) in [6.07, 6.45) is 3.12. The van der Waals surface area contributed by atoms with Crippen LogP contribution >= 0.6 is 0 Å². The number of benzene rings is 1. The summed E-state index contributed by atoms with van der Waals surface area (Å²) in [6.45, 7) is 2.22. The van der Waals surface area contributed by atoms with Crippen LogP contribution < -0.4 is 0 Å². The van der Waals surface area contributed by atoms with Crippen molar-refractivity contribution < 1.29 is 23.7 Å². The lowest BCUT2D eigenvalue weighted by molar-refractivity contribution is -0.347. The standard InChI is InChI=1S/C28H35F2N3O3/c1-24-8-9-25(29)15-27(30)23(35)22(34)20(33(2)3)13-26(27)10-11-28(25,36-26)21(24)7-5-18(24)16-4-6-19-17(12-16)14-31-32-19/h4-6,12,14,20-23,34-35H,7-11,13,15H2,1-3H3,(H,31,32)/t20-,21?,22+,23-,24+,25?,26+,27?,28-/m0/s1. The number of ether oxygens (including phenoxy) is 1. The molecule has 8 heteroatoms. The molecule has 2 saturated carbocycles. The van der Waals surface area contributed by atoms with Gasteiger partial charge in [-0.25, -0.2) is 8.78 Å². The van der Waals surface area contributed by atoms with Crippen molar-refractivity contribution in [1.82, 2.24) is 15.1 Å². The van der Waals surface area contributed by atoms with Crippen LogP contribution in [0.25, 0.3) is 16.5 Å². The lowest BCUT2D eigenvalue weighted by Crippen LogP contribution is -2.78. The van der Waals surface area contributed by atoms with Crippen LogP contribution in [-0.4, -0.2) is 80.2 Å². The van der Waals surface area contributed by atoms with E-state index in [2.05, 4.69) is 35.3 Å². The number of halogens is 2. The van der Waals surface area contributed by atoms with E-state index in [1.807, 2.05) is 31.3 Å². The number of H-pyrrole nitrogens is 1. The Balaban J connectivity index is 1.30. The van der Waals surface area contributed by atoms with E-state index >= 15 is 8.78 Å². The lowest BCUT2D eigenvalue weighted by atomic mass is 9.51. The number of nitrogens with one attached hydrogen (secondary N) is 1. The van der Waals surface area contributed by atoms with Gasteiger partial charge in [-0.3, -0.25) is 5.10 Å². The van der Waals surface area contributed by atoms with Crippen LogP contribution in [0.1, 0.15) is 57.4 Å². The molecule has 3 N–H and O–H groups in total. The molecule has 5 aliphatic rings. The van der Waals surface area contributed by atoms with E-state index in [1.165, 1.54) is 5.57 Å². The number of hydrogen-bond donors (Lipinski definition) is 3. The van der Waals surface area contributed by atoms with Gasteiger partial charge in [-0.1, -0.05) is 19.1 Å². The monoisotopic (exact) mass is 499 g/mol. The van der Waals surface area contributed by atoms with Gasteiger partial charge < -0.3 is 19.8 Å². The Morgan fingerprint density at radius 3 is 2.72 bits per heavy atom. The molecule has 0 radical (unpaired) electrons. The Kier molecular flexibility index (Phi) is 4.49. The van der Waals surface area contributed by atoms with E-state index in [9.17, 15) is 10.2 Å². The summed E-state index contributed by atoms with van der Waals surface area (Å²) in [7, 11) is 3.63. The Morgan fingerprint density at radius 2 is 1.94 bits per heavy atom. The predicted molar refractivity (Wildman–Crippen MR) is 132 cm³/mol. The molecule has 7 rings (SSSR count). The summed E-state index contributed by atoms with van der Waals surface area (Å²) in [6, 6.07) is 5.81. The van der Waals surface area contributed by atoms with Crippen LogP contribution in [-0.2, 0) is 4.74 Å². The molecular weight excluding hydrogens is 464 g/mol. The highest BCUT2D eigenvalue weighted by Gasteiger charge is 2.82. The van der Waals surface area contributed by atoms with Gasteiger partial charge in [0.1, 0.15) is 23.0 Å². The number of fused-ring (bicyclic) bond motifs is 2. The number of aliphatic hydroxyl groups is 2. The topological polar surface area (TPSA) is 81.6 Å². The van der Waals surface area contributed by atoms with Gasteiger partial charge in [0.2, 0.25) is 0 Å². The van der Waals surface area contributed by atoms with Gasteiger partial charge in [-0.2, -0.15) is 5.10 Å². The molecule has 1 aromatic carbocycles. The van der Waals surface area contributed by atoms with E-state index in [0.29, 0.717) is 25.7 Å². The van der Waals surface area contributed by atoms with Crippen molar-refractivity contribution in [3.8, 4) is 0 Å². The van der Waals surface area contributed by atoms with E-state index < -0.39 is 47.2 Å². The van der Waals surface area contributed by atoms with Crippen LogP contribution in [0.5, 0.6) is 0 Å². The average Bonchev–Trinajstić information content (AvgIpc) is 3.54. The largest absolute Gasteiger partial charge is 0.389 e. The third kappa shape index (κ3) is 2.52. The number of aromatic amines is 1. The molecule has 6 nitrogen and oxygen atoms in total. The molecule has 2 aromatic rings. The highest BCUT2D eigenvalue weighted by atomic mass is 19.2. The highest BCUT2D eigenvalue weighted by molar-refractivity contribution is 5.84. The van der Waals surface area contributed by atoms with Crippen molar-refractivity contribution in [1.29, 1.82) is 0 Å². The van der Waals surface area contributed by atoms with Crippen LogP contribution in [0.15, 0.2) is 30.5 Å². The van der Waals surface area contributed by atoms with Crippen molar-refractivity contribution in [3.05, 3.63) is 36.0 Å². The smallest absolute Gasteiger partial charge is 0.171 e. The number of aliphatic hydroxyl groups excluding tert-OH is 2. The summed E-state index contributed by atoms with van der Waals surface area (Å²) in [5.41, 5.74) is -3.62. The van der Waals surface area contributed by atoms with Crippen molar-refractivity contribution in [2.45, 2.75) is 92.7 Å². The summed E-state index contributed by atoms with van der Waals surface area (Å²) < 4.78 is 40.9. The van der Waals surface area contributed by atoms with Gasteiger partial charge in [-0.05, 0) is 81.3 Å². The molecule has 36 heavy (non-hydrogen) atoms. The second kappa shape index (κ2) is 6.95. The number of aromatic nitrogens is 2. The first kappa shape index (κ1) is 23.3. The molecule has 194 valence electrons. The van der Waals surface area contributed by atoms with Crippen LogP contribution in [0, 0.1) is 11.3 Å². The Labute approximate surface area is 209 Å². The number of hydrogen-bond acceptors (Lipinski definition) is 5. The predicted octanol–water partition coefficient (Wildman–Crippen LogP) is 3.93. The molecule has 3 unspecified atom stereocenters.